The van der Waals surface area contributed by atoms with Gasteiger partial charge in [0.1, 0.15) is 0 Å². The first-order valence-corrected chi connectivity index (χ1v) is 6.99. The number of aromatic nitrogens is 1. The number of nitrogens with zero attached hydrogens (tertiary/aromatic N) is 2. The predicted molar refractivity (Wildman–Crippen MR) is 75.2 cm³/mol. The Balaban J connectivity index is 2.21. The number of alkyl halides is 1. The molecule has 0 bridgehead atoms. The molecular formula is C12H12Cl2N2S. The van der Waals surface area contributed by atoms with E-state index in [-0.39, 0.29) is 0 Å². The monoisotopic (exact) mass is 286 g/mol. The highest BCUT2D eigenvalue weighted by Gasteiger charge is 2.08. The van der Waals surface area contributed by atoms with Gasteiger partial charge in [-0.25, -0.2) is 4.98 Å². The van der Waals surface area contributed by atoms with Gasteiger partial charge in [-0.1, -0.05) is 11.6 Å². The van der Waals surface area contributed by atoms with Crippen LogP contribution < -0.4 is 4.90 Å². The van der Waals surface area contributed by atoms with Crippen LogP contribution >= 0.6 is 34.5 Å². The molecule has 2 aromatic rings. The summed E-state index contributed by atoms with van der Waals surface area (Å²) in [5, 5.41) is 2.76. The molecule has 2 rings (SSSR count). The van der Waals surface area contributed by atoms with E-state index in [0.29, 0.717) is 10.9 Å². The number of hydrogen-bond acceptors (Lipinski definition) is 3. The second-order valence-electron chi connectivity index (χ2n) is 3.74. The van der Waals surface area contributed by atoms with Gasteiger partial charge < -0.3 is 4.90 Å². The Hall–Kier alpha value is -0.770. The zero-order chi connectivity index (χ0) is 12.3. The average Bonchev–Trinajstić information content (AvgIpc) is 2.81. The molecule has 0 fully saturated rings. The zero-order valence-corrected chi connectivity index (χ0v) is 11.7. The molecule has 0 radical (unpaired) electrons. The van der Waals surface area contributed by atoms with Crippen LogP contribution in [0.25, 0.3) is 0 Å². The Bertz CT molecular complexity index is 485. The smallest absolute Gasteiger partial charge is 0.0795 e. The van der Waals surface area contributed by atoms with Crippen molar-refractivity contribution in [1.29, 1.82) is 0 Å². The molecule has 0 spiro atoms. The first-order valence-electron chi connectivity index (χ1n) is 5.13. The van der Waals surface area contributed by atoms with Crippen molar-refractivity contribution >= 4 is 40.2 Å². The lowest BCUT2D eigenvalue weighted by molar-refractivity contribution is 0.889. The first-order chi connectivity index (χ1) is 8.20. The number of halogens is 2. The Morgan fingerprint density at radius 3 is 2.88 bits per heavy atom. The maximum atomic E-state index is 5.96. The van der Waals surface area contributed by atoms with E-state index in [1.165, 1.54) is 0 Å². The minimum Gasteiger partial charge on any atom is -0.368 e. The van der Waals surface area contributed by atoms with Crippen molar-refractivity contribution in [3.05, 3.63) is 45.4 Å². The van der Waals surface area contributed by atoms with Crippen molar-refractivity contribution in [2.75, 3.05) is 11.9 Å². The fourth-order valence-electron chi connectivity index (χ4n) is 1.68. The highest BCUT2D eigenvalue weighted by atomic mass is 35.5. The molecule has 1 aromatic heterocycles. The van der Waals surface area contributed by atoms with Crippen LogP contribution in [0.3, 0.4) is 0 Å². The third-order valence-electron chi connectivity index (χ3n) is 2.48. The highest BCUT2D eigenvalue weighted by Crippen LogP contribution is 2.26. The number of thiazole rings is 1. The van der Waals surface area contributed by atoms with Crippen molar-refractivity contribution in [3.63, 3.8) is 0 Å². The lowest BCUT2D eigenvalue weighted by atomic mass is 10.2. The van der Waals surface area contributed by atoms with Crippen molar-refractivity contribution in [3.8, 4) is 0 Å². The fraction of sp³-hybridized carbons (Fsp3) is 0.250. The fourth-order valence-corrected chi connectivity index (χ4v) is 2.64. The van der Waals surface area contributed by atoms with E-state index >= 15 is 0 Å². The molecule has 0 saturated carbocycles. The molecule has 0 atom stereocenters. The maximum absolute atomic E-state index is 5.96. The SMILES string of the molecule is CN(Cc1cscn1)c1ccc(Cl)cc1CCl. The summed E-state index contributed by atoms with van der Waals surface area (Å²) in [5.74, 6) is 0.456. The van der Waals surface area contributed by atoms with Gasteiger partial charge >= 0.3 is 0 Å². The van der Waals surface area contributed by atoms with Gasteiger partial charge in [0, 0.05) is 29.0 Å². The molecule has 90 valence electrons. The number of hydrogen-bond donors (Lipinski definition) is 0. The topological polar surface area (TPSA) is 16.1 Å². The van der Waals surface area contributed by atoms with E-state index in [1.807, 2.05) is 36.1 Å². The molecule has 0 aliphatic rings. The molecule has 0 N–H and O–H groups in total. The van der Waals surface area contributed by atoms with Crippen LogP contribution in [0, 0.1) is 0 Å². The normalized spacial score (nSPS) is 10.5. The molecule has 5 heteroatoms. The van der Waals surface area contributed by atoms with Gasteiger partial charge in [-0.15, -0.1) is 22.9 Å². The maximum Gasteiger partial charge on any atom is 0.0795 e. The average molecular weight is 287 g/mol. The minimum atomic E-state index is 0.456. The summed E-state index contributed by atoms with van der Waals surface area (Å²) in [6, 6.07) is 5.78. The van der Waals surface area contributed by atoms with Crippen molar-refractivity contribution in [2.24, 2.45) is 0 Å². The van der Waals surface area contributed by atoms with Crippen LogP contribution in [0.5, 0.6) is 0 Å². The van der Waals surface area contributed by atoms with Gasteiger partial charge in [0.15, 0.2) is 0 Å². The van der Waals surface area contributed by atoms with Crippen molar-refractivity contribution in [1.82, 2.24) is 4.98 Å². The highest BCUT2D eigenvalue weighted by molar-refractivity contribution is 7.07. The van der Waals surface area contributed by atoms with Crippen LogP contribution in [0.15, 0.2) is 29.1 Å². The molecule has 0 aliphatic carbocycles. The van der Waals surface area contributed by atoms with Gasteiger partial charge in [-0.05, 0) is 23.8 Å². The van der Waals surface area contributed by atoms with Gasteiger partial charge in [-0.2, -0.15) is 0 Å². The van der Waals surface area contributed by atoms with Crippen molar-refractivity contribution < 1.29 is 0 Å². The van der Waals surface area contributed by atoms with Gasteiger partial charge in [-0.3, -0.25) is 0 Å². The molecule has 2 nitrogen and oxygen atoms in total. The zero-order valence-electron chi connectivity index (χ0n) is 9.36. The first kappa shape index (κ1) is 12.7. The van der Waals surface area contributed by atoms with Gasteiger partial charge in [0.05, 0.1) is 17.7 Å². The molecule has 17 heavy (non-hydrogen) atoms. The Labute approximate surface area is 115 Å². The Morgan fingerprint density at radius 1 is 1.41 bits per heavy atom. The third-order valence-corrected chi connectivity index (χ3v) is 3.64. The largest absolute Gasteiger partial charge is 0.368 e. The van der Waals surface area contributed by atoms with E-state index < -0.39 is 0 Å². The molecule has 1 heterocycles. The molecular weight excluding hydrogens is 275 g/mol. The van der Waals surface area contributed by atoms with Crippen LogP contribution in [-0.4, -0.2) is 12.0 Å². The van der Waals surface area contributed by atoms with E-state index in [4.69, 9.17) is 23.2 Å². The van der Waals surface area contributed by atoms with Crippen LogP contribution in [0.4, 0.5) is 5.69 Å². The molecule has 0 amide bonds. The lowest BCUT2D eigenvalue weighted by Crippen LogP contribution is -2.17. The summed E-state index contributed by atoms with van der Waals surface area (Å²) >= 11 is 13.5. The molecule has 0 aliphatic heterocycles. The second kappa shape index (κ2) is 5.71. The third kappa shape index (κ3) is 3.12. The predicted octanol–water partition coefficient (Wildman–Crippen LogP) is 4.17. The van der Waals surface area contributed by atoms with Crippen LogP contribution in [0.2, 0.25) is 5.02 Å². The standard InChI is InChI=1S/C12H12Cl2N2S/c1-16(6-11-7-17-8-15-11)12-3-2-10(14)4-9(12)5-13/h2-4,7-8H,5-6H2,1H3. The lowest BCUT2D eigenvalue weighted by Gasteiger charge is -2.21. The number of rotatable bonds is 4. The summed E-state index contributed by atoms with van der Waals surface area (Å²) in [6.45, 7) is 0.773. The summed E-state index contributed by atoms with van der Waals surface area (Å²) in [5.41, 5.74) is 5.04. The minimum absolute atomic E-state index is 0.456. The molecule has 1 aromatic carbocycles. The Kier molecular flexibility index (Phi) is 4.26. The second-order valence-corrected chi connectivity index (χ2v) is 5.16. The van der Waals surface area contributed by atoms with E-state index in [2.05, 4.69) is 9.88 Å². The number of anilines is 1. The van der Waals surface area contributed by atoms with Crippen LogP contribution in [-0.2, 0) is 12.4 Å². The molecule has 0 saturated heterocycles. The Morgan fingerprint density at radius 2 is 2.24 bits per heavy atom. The van der Waals surface area contributed by atoms with Crippen molar-refractivity contribution in [2.45, 2.75) is 12.4 Å². The number of benzene rings is 1. The quantitative estimate of drug-likeness (QED) is 0.784. The van der Waals surface area contributed by atoms with Gasteiger partial charge in [0.2, 0.25) is 0 Å². The molecule has 0 unspecified atom stereocenters. The summed E-state index contributed by atoms with van der Waals surface area (Å²) < 4.78 is 0. The van der Waals surface area contributed by atoms with E-state index in [1.54, 1.807) is 11.3 Å². The summed E-state index contributed by atoms with van der Waals surface area (Å²) in [4.78, 5) is 6.40. The van der Waals surface area contributed by atoms with E-state index in [0.717, 1.165) is 23.5 Å². The summed E-state index contributed by atoms with van der Waals surface area (Å²) in [7, 11) is 2.03. The summed E-state index contributed by atoms with van der Waals surface area (Å²) in [6.07, 6.45) is 0. The van der Waals surface area contributed by atoms with E-state index in [9.17, 15) is 0 Å². The van der Waals surface area contributed by atoms with Gasteiger partial charge in [0.25, 0.3) is 0 Å². The van der Waals surface area contributed by atoms with Crippen LogP contribution in [0.1, 0.15) is 11.3 Å².